The molecule has 0 aromatic carbocycles. The van der Waals surface area contributed by atoms with Crippen LogP contribution in [0.1, 0.15) is 0 Å². The van der Waals surface area contributed by atoms with Gasteiger partial charge in [0.25, 0.3) is 0 Å². The Kier molecular flexibility index (Phi) is 60.1. The first-order valence-electron chi connectivity index (χ1n) is 3.77. The summed E-state index contributed by atoms with van der Waals surface area (Å²) < 4.78 is 65.6. The van der Waals surface area contributed by atoms with Crippen molar-refractivity contribution in [3.8, 4) is 0 Å². The molecule has 0 bridgehead atoms. The molecule has 2 unspecified atom stereocenters. The Morgan fingerprint density at radius 1 is 0.345 bits per heavy atom. The summed E-state index contributed by atoms with van der Waals surface area (Å²) in [4.78, 5) is 58.7. The second-order valence-corrected chi connectivity index (χ2v) is 10.1. The van der Waals surface area contributed by atoms with Gasteiger partial charge in [0.05, 0.1) is 0 Å². The fourth-order valence-electron chi connectivity index (χ4n) is 0.574. The molecule has 16 nitrogen and oxygen atoms in total. The van der Waals surface area contributed by atoms with Gasteiger partial charge in [-0.05, 0) is 0 Å². The monoisotopic (exact) mass is 754 g/mol. The molecule has 2 atom stereocenters. The number of phosphoric acid groups is 5. The molecular weight excluding hydrogens is 731 g/mol. The average Bonchev–Trinajstić information content (AvgIpc) is 1.83. The van der Waals surface area contributed by atoms with Gasteiger partial charge in [0.2, 0.25) is 0 Å². The van der Waals surface area contributed by atoms with Crippen LogP contribution in [0.4, 0.5) is 0 Å². The van der Waals surface area contributed by atoms with Crippen LogP contribution in [-0.4, -0.2) is 336 Å². The number of hydrogen-bond donors (Lipinski definition) is 7. The Morgan fingerprint density at radius 3 is 0.621 bits per heavy atom. The molecule has 0 aliphatic heterocycles. The first kappa shape index (κ1) is 63.2. The number of hydrogen-bond acceptors (Lipinski definition) is 9. The molecule has 0 aliphatic carbocycles. The fourth-order valence-corrected chi connectivity index (χ4v) is 5.97. The molecule has 0 heterocycles. The van der Waals surface area contributed by atoms with Gasteiger partial charge in [-0.15, -0.1) is 0 Å². The van der Waals surface area contributed by atoms with Crippen molar-refractivity contribution in [2.45, 2.75) is 0 Å². The van der Waals surface area contributed by atoms with E-state index in [1.807, 2.05) is 0 Å². The Labute approximate surface area is 403 Å². The van der Waals surface area contributed by atoms with Gasteiger partial charge in [0, 0.05) is 0 Å². The second-order valence-electron chi connectivity index (χ2n) is 2.71. The van der Waals surface area contributed by atoms with Crippen molar-refractivity contribution in [2.75, 3.05) is 0 Å². The van der Waals surface area contributed by atoms with Crippen molar-refractivity contribution in [2.24, 2.45) is 0 Å². The first-order valence-corrected chi connectivity index (χ1v) is 11.3. The molecular formula is H23Ca8O16P5. The van der Waals surface area contributed by atoms with Crippen LogP contribution in [0.3, 0.4) is 0 Å². The molecule has 0 aromatic heterocycles. The maximum absolute atomic E-state index is 11.0. The molecule has 160 valence electrons. The van der Waals surface area contributed by atoms with E-state index in [4.69, 9.17) is 34.3 Å². The molecule has 0 rings (SSSR count). The standard InChI is InChI=1S/8Ca.H7O16P5.16H/c;;;;;;;;1-17(2,3)13-19(7,8)15-21(11,12)16-20(9,10)14-18(4,5)6;;;;;;;;;;;;;;;;/h;;;;;;;;(H,7,8)(H,9,10)(H,11,12)(H2,1,2,3)(H2,4,5,6);;;;;;;;;;;;;;;;. The van der Waals surface area contributed by atoms with E-state index in [0.29, 0.717) is 0 Å². The van der Waals surface area contributed by atoms with Gasteiger partial charge in [0.15, 0.2) is 0 Å². The van der Waals surface area contributed by atoms with E-state index >= 15 is 0 Å². The Bertz CT molecular complexity index is 571. The molecule has 0 radical (unpaired) electrons. The van der Waals surface area contributed by atoms with Crippen LogP contribution in [0.25, 0.3) is 0 Å². The molecule has 7 N–H and O–H groups in total. The fraction of sp³-hybridized carbons (Fsp3) is 0. The SMILES string of the molecule is O=P(O)(O)OP(=O)(O)OP(=O)(O)OP(=O)(O)OP(=O)(O)O.[CaH2].[CaH2].[CaH2].[CaH2].[CaH2].[CaH2].[CaH2].[CaH2]. The quantitative estimate of drug-likeness (QED) is 0.0897. The van der Waals surface area contributed by atoms with Crippen LogP contribution >= 0.6 is 39.1 Å². The van der Waals surface area contributed by atoms with Crippen LogP contribution in [0.15, 0.2) is 0 Å². The topological polar surface area (TPSA) is 264 Å². The van der Waals surface area contributed by atoms with Crippen LogP contribution in [0, 0.1) is 0 Å². The van der Waals surface area contributed by atoms with Crippen molar-refractivity contribution in [1.82, 2.24) is 0 Å². The summed E-state index contributed by atoms with van der Waals surface area (Å²) in [7, 11) is -29.3. The van der Waals surface area contributed by atoms with Crippen molar-refractivity contribution in [3.05, 3.63) is 0 Å². The van der Waals surface area contributed by atoms with E-state index in [9.17, 15) is 22.8 Å². The van der Waals surface area contributed by atoms with Gasteiger partial charge in [-0.1, -0.05) is 0 Å². The number of rotatable bonds is 8. The minimum absolute atomic E-state index is 0. The third-order valence-electron chi connectivity index (χ3n) is 0.832. The molecule has 29 heteroatoms. The molecule has 0 saturated heterocycles. The summed E-state index contributed by atoms with van der Waals surface area (Å²) in [5, 5.41) is 0. The zero-order chi connectivity index (χ0) is 17.3. The summed E-state index contributed by atoms with van der Waals surface area (Å²) in [6.45, 7) is 0. The van der Waals surface area contributed by atoms with Crippen LogP contribution < -0.4 is 0 Å². The third-order valence-corrected chi connectivity index (χ3v) is 7.49. The molecule has 0 amide bonds. The van der Waals surface area contributed by atoms with Gasteiger partial charge in [-0.25, -0.2) is 22.8 Å². The minimum atomic E-state index is -6.07. The average molecular weight is 755 g/mol. The van der Waals surface area contributed by atoms with Crippen molar-refractivity contribution in [1.29, 1.82) is 0 Å². The first-order chi connectivity index (χ1) is 8.83. The summed E-state index contributed by atoms with van der Waals surface area (Å²) in [6.07, 6.45) is 0. The zero-order valence-corrected chi connectivity index (χ0v) is 13.5. The molecule has 29 heavy (non-hydrogen) atoms. The van der Waals surface area contributed by atoms with Crippen LogP contribution in [-0.2, 0) is 40.1 Å². The maximum atomic E-state index is 11.0. The van der Waals surface area contributed by atoms with E-state index in [1.165, 1.54) is 0 Å². The Balaban J connectivity index is -0.0000000714. The van der Waals surface area contributed by atoms with Gasteiger partial charge in [-0.3, -0.25) is 0 Å². The predicted octanol–water partition coefficient (Wildman–Crippen LogP) is -7.79. The van der Waals surface area contributed by atoms with Crippen LogP contribution in [0.2, 0.25) is 0 Å². The van der Waals surface area contributed by atoms with E-state index in [-0.39, 0.29) is 302 Å². The van der Waals surface area contributed by atoms with Crippen LogP contribution in [0.5, 0.6) is 0 Å². The molecule has 0 saturated carbocycles. The summed E-state index contributed by atoms with van der Waals surface area (Å²) in [6, 6.07) is 0. The Morgan fingerprint density at radius 2 is 0.483 bits per heavy atom. The second kappa shape index (κ2) is 27.6. The van der Waals surface area contributed by atoms with Crippen molar-refractivity contribution in [3.63, 3.8) is 0 Å². The molecule has 0 aromatic rings. The van der Waals surface area contributed by atoms with Gasteiger partial charge < -0.3 is 34.3 Å². The van der Waals surface area contributed by atoms with Gasteiger partial charge >= 0.3 is 341 Å². The normalized spacial score (nSPS) is 16.0. The summed E-state index contributed by atoms with van der Waals surface area (Å²) >= 11 is 0. The van der Waals surface area contributed by atoms with Crippen molar-refractivity contribution < 1.29 is 74.3 Å². The molecule has 0 spiro atoms. The van der Waals surface area contributed by atoms with E-state index < -0.39 is 39.1 Å². The van der Waals surface area contributed by atoms with Crippen molar-refractivity contribution >= 4 is 341 Å². The van der Waals surface area contributed by atoms with Gasteiger partial charge in [-0.2, -0.15) is 17.2 Å². The van der Waals surface area contributed by atoms with E-state index in [0.717, 1.165) is 0 Å². The molecule has 0 aliphatic rings. The van der Waals surface area contributed by atoms with Gasteiger partial charge in [0.1, 0.15) is 0 Å². The Hall–Kier alpha value is 10.8. The van der Waals surface area contributed by atoms with E-state index in [1.54, 1.807) is 0 Å². The molecule has 0 fully saturated rings. The van der Waals surface area contributed by atoms with E-state index in [2.05, 4.69) is 17.2 Å². The third kappa shape index (κ3) is 43.4. The summed E-state index contributed by atoms with van der Waals surface area (Å²) in [5.41, 5.74) is 0. The summed E-state index contributed by atoms with van der Waals surface area (Å²) in [5.74, 6) is 0. The predicted molar refractivity (Wildman–Crippen MR) is 126 cm³/mol. The zero-order valence-electron chi connectivity index (χ0n) is 9.04.